The number of furan rings is 2. The second-order valence-electron chi connectivity index (χ2n) is 4.98. The van der Waals surface area contributed by atoms with Gasteiger partial charge in [0.15, 0.2) is 5.76 Å². The first-order valence-corrected chi connectivity index (χ1v) is 6.92. The fourth-order valence-electron chi connectivity index (χ4n) is 2.10. The van der Waals surface area contributed by atoms with Crippen LogP contribution in [0.5, 0.6) is 0 Å². The van der Waals surface area contributed by atoms with Crippen LogP contribution >= 0.6 is 0 Å². The normalized spacial score (nSPS) is 11.6. The molecule has 5 heteroatoms. The topological polar surface area (TPSA) is 63.6 Å². The first-order chi connectivity index (χ1) is 11.1. The number of rotatable bonds is 5. The SMILES string of the molecule is O=C(/C=C(\O)c1ccoc1)c1ccc(Cc2ccc(F)cc2)o1. The van der Waals surface area contributed by atoms with Gasteiger partial charge < -0.3 is 13.9 Å². The number of allylic oxidation sites excluding steroid dienone is 1. The highest BCUT2D eigenvalue weighted by Gasteiger charge is 2.12. The summed E-state index contributed by atoms with van der Waals surface area (Å²) in [5.74, 6) is -0.244. The van der Waals surface area contributed by atoms with Crippen molar-refractivity contribution in [2.75, 3.05) is 0 Å². The molecule has 2 heterocycles. The third-order valence-electron chi connectivity index (χ3n) is 3.28. The molecule has 0 saturated heterocycles. The summed E-state index contributed by atoms with van der Waals surface area (Å²) in [4.78, 5) is 12.1. The Labute approximate surface area is 131 Å². The minimum absolute atomic E-state index is 0.122. The van der Waals surface area contributed by atoms with Crippen molar-refractivity contribution in [1.29, 1.82) is 0 Å². The average Bonchev–Trinajstić information content (AvgIpc) is 3.21. The molecule has 0 saturated carbocycles. The van der Waals surface area contributed by atoms with Gasteiger partial charge in [0.2, 0.25) is 5.78 Å². The second-order valence-corrected chi connectivity index (χ2v) is 4.98. The first-order valence-electron chi connectivity index (χ1n) is 6.92. The van der Waals surface area contributed by atoms with Gasteiger partial charge in [0, 0.05) is 12.5 Å². The summed E-state index contributed by atoms with van der Waals surface area (Å²) in [5, 5.41) is 9.81. The molecule has 0 aliphatic rings. The fourth-order valence-corrected chi connectivity index (χ4v) is 2.10. The molecule has 0 atom stereocenters. The molecule has 0 amide bonds. The zero-order valence-electron chi connectivity index (χ0n) is 12.0. The lowest BCUT2D eigenvalue weighted by Gasteiger charge is -1.98. The van der Waals surface area contributed by atoms with E-state index in [1.54, 1.807) is 30.3 Å². The van der Waals surface area contributed by atoms with Crippen molar-refractivity contribution in [2.24, 2.45) is 0 Å². The molecule has 0 radical (unpaired) electrons. The largest absolute Gasteiger partial charge is 0.507 e. The average molecular weight is 312 g/mol. The third kappa shape index (κ3) is 3.58. The molecular formula is C18H13FO4. The summed E-state index contributed by atoms with van der Waals surface area (Å²) in [7, 11) is 0. The number of benzene rings is 1. The molecule has 1 N–H and O–H groups in total. The summed E-state index contributed by atoms with van der Waals surface area (Å²) < 4.78 is 23.2. The van der Waals surface area contributed by atoms with Crippen LogP contribution in [0.15, 0.2) is 69.9 Å². The number of carbonyl (C=O) groups excluding carboxylic acids is 1. The lowest BCUT2D eigenvalue weighted by atomic mass is 10.1. The first kappa shape index (κ1) is 14.8. The van der Waals surface area contributed by atoms with E-state index in [1.807, 2.05) is 0 Å². The van der Waals surface area contributed by atoms with E-state index in [1.165, 1.54) is 24.7 Å². The number of aliphatic hydroxyl groups is 1. The smallest absolute Gasteiger partial charge is 0.224 e. The molecule has 0 unspecified atom stereocenters. The number of hydrogen-bond donors (Lipinski definition) is 1. The highest BCUT2D eigenvalue weighted by atomic mass is 19.1. The minimum Gasteiger partial charge on any atom is -0.507 e. The molecule has 0 bridgehead atoms. The van der Waals surface area contributed by atoms with E-state index in [2.05, 4.69) is 0 Å². The monoisotopic (exact) mass is 312 g/mol. The maximum absolute atomic E-state index is 12.9. The van der Waals surface area contributed by atoms with Gasteiger partial charge in [-0.3, -0.25) is 4.79 Å². The predicted molar refractivity (Wildman–Crippen MR) is 81.6 cm³/mol. The van der Waals surface area contributed by atoms with Gasteiger partial charge >= 0.3 is 0 Å². The maximum Gasteiger partial charge on any atom is 0.224 e. The van der Waals surface area contributed by atoms with E-state index in [0.29, 0.717) is 17.7 Å². The number of carbonyl (C=O) groups is 1. The van der Waals surface area contributed by atoms with Crippen LogP contribution in [0.4, 0.5) is 4.39 Å². The van der Waals surface area contributed by atoms with Crippen molar-refractivity contribution in [3.63, 3.8) is 0 Å². The van der Waals surface area contributed by atoms with Crippen molar-refractivity contribution >= 4 is 11.5 Å². The molecule has 116 valence electrons. The molecule has 3 aromatic rings. The van der Waals surface area contributed by atoms with Crippen LogP contribution in [0, 0.1) is 5.82 Å². The summed E-state index contributed by atoms with van der Waals surface area (Å²) in [5.41, 5.74) is 1.29. The Kier molecular flexibility index (Phi) is 4.10. The Balaban J connectivity index is 1.72. The molecule has 23 heavy (non-hydrogen) atoms. The summed E-state index contributed by atoms with van der Waals surface area (Å²) in [6, 6.07) is 10.8. The van der Waals surface area contributed by atoms with E-state index in [0.717, 1.165) is 11.6 Å². The van der Waals surface area contributed by atoms with Crippen LogP contribution in [0.25, 0.3) is 5.76 Å². The standard InChI is InChI=1S/C18H13FO4/c19-14-3-1-12(2-4-14)9-15-5-6-18(23-15)17(21)10-16(20)13-7-8-22-11-13/h1-8,10-11,20H,9H2/b16-10-. The molecule has 0 aliphatic carbocycles. The lowest BCUT2D eigenvalue weighted by Crippen LogP contribution is -1.94. The van der Waals surface area contributed by atoms with Crippen molar-refractivity contribution in [3.05, 3.63) is 89.5 Å². The quantitative estimate of drug-likeness (QED) is 0.431. The van der Waals surface area contributed by atoms with Gasteiger partial charge in [0.05, 0.1) is 11.8 Å². The minimum atomic E-state index is -0.450. The Bertz CT molecular complexity index is 826. The van der Waals surface area contributed by atoms with Gasteiger partial charge in [0.25, 0.3) is 0 Å². The fraction of sp³-hybridized carbons (Fsp3) is 0.0556. The third-order valence-corrected chi connectivity index (χ3v) is 3.28. The summed E-state index contributed by atoms with van der Waals surface area (Å²) >= 11 is 0. The van der Waals surface area contributed by atoms with Gasteiger partial charge in [-0.25, -0.2) is 4.39 Å². The van der Waals surface area contributed by atoms with Gasteiger partial charge in [-0.05, 0) is 35.9 Å². The Morgan fingerprint density at radius 2 is 1.91 bits per heavy atom. The zero-order chi connectivity index (χ0) is 16.2. The van der Waals surface area contributed by atoms with E-state index >= 15 is 0 Å². The lowest BCUT2D eigenvalue weighted by molar-refractivity contribution is 0.101. The molecule has 0 spiro atoms. The summed E-state index contributed by atoms with van der Waals surface area (Å²) in [6.45, 7) is 0. The highest BCUT2D eigenvalue weighted by molar-refractivity contribution is 6.05. The van der Waals surface area contributed by atoms with Crippen LogP contribution < -0.4 is 0 Å². The van der Waals surface area contributed by atoms with Crippen molar-refractivity contribution in [3.8, 4) is 0 Å². The second kappa shape index (κ2) is 6.36. The highest BCUT2D eigenvalue weighted by Crippen LogP contribution is 2.17. The molecule has 3 rings (SSSR count). The summed E-state index contributed by atoms with van der Waals surface area (Å²) in [6.07, 6.45) is 4.26. The Morgan fingerprint density at radius 1 is 1.13 bits per heavy atom. The van der Waals surface area contributed by atoms with Crippen LogP contribution in [-0.4, -0.2) is 10.9 Å². The number of aliphatic hydroxyl groups excluding tert-OH is 1. The van der Waals surface area contributed by atoms with E-state index in [9.17, 15) is 14.3 Å². The van der Waals surface area contributed by atoms with E-state index in [4.69, 9.17) is 8.83 Å². The van der Waals surface area contributed by atoms with Crippen LogP contribution in [-0.2, 0) is 6.42 Å². The molecule has 2 aromatic heterocycles. The molecule has 4 nitrogen and oxygen atoms in total. The van der Waals surface area contributed by atoms with E-state index < -0.39 is 5.78 Å². The predicted octanol–water partition coefficient (Wildman–Crippen LogP) is 4.38. The van der Waals surface area contributed by atoms with Gasteiger partial charge in [0.1, 0.15) is 23.6 Å². The van der Waals surface area contributed by atoms with Crippen LogP contribution in [0.1, 0.15) is 27.4 Å². The zero-order valence-corrected chi connectivity index (χ0v) is 12.0. The Morgan fingerprint density at radius 3 is 2.61 bits per heavy atom. The van der Waals surface area contributed by atoms with Crippen molar-refractivity contribution in [1.82, 2.24) is 0 Å². The van der Waals surface area contributed by atoms with E-state index in [-0.39, 0.29) is 17.3 Å². The molecule has 0 aliphatic heterocycles. The number of halogens is 1. The van der Waals surface area contributed by atoms with Crippen molar-refractivity contribution < 1.29 is 23.1 Å². The van der Waals surface area contributed by atoms with Gasteiger partial charge in [-0.1, -0.05) is 12.1 Å². The van der Waals surface area contributed by atoms with Crippen LogP contribution in [0.3, 0.4) is 0 Å². The van der Waals surface area contributed by atoms with Crippen LogP contribution in [0.2, 0.25) is 0 Å². The van der Waals surface area contributed by atoms with Gasteiger partial charge in [-0.2, -0.15) is 0 Å². The molecule has 0 fully saturated rings. The number of hydrogen-bond acceptors (Lipinski definition) is 4. The van der Waals surface area contributed by atoms with Gasteiger partial charge in [-0.15, -0.1) is 0 Å². The number of ketones is 1. The Hall–Kier alpha value is -3.08. The molecule has 1 aromatic carbocycles. The molecular weight excluding hydrogens is 299 g/mol. The van der Waals surface area contributed by atoms with Crippen molar-refractivity contribution in [2.45, 2.75) is 6.42 Å². The maximum atomic E-state index is 12.9.